The molecule has 0 aromatic heterocycles. The van der Waals surface area contributed by atoms with Crippen molar-refractivity contribution in [3.63, 3.8) is 0 Å². The molecule has 0 spiro atoms. The zero-order valence-corrected chi connectivity index (χ0v) is 19.6. The highest BCUT2D eigenvalue weighted by atomic mass is 127. The predicted molar refractivity (Wildman–Crippen MR) is 124 cm³/mol. The number of nitrogens with zero attached hydrogens (tertiary/aromatic N) is 2. The van der Waals surface area contributed by atoms with Crippen LogP contribution < -0.4 is 10.6 Å². The normalized spacial score (nSPS) is 17.5. The Bertz CT molecular complexity index is 345. The maximum atomic E-state index is 9.25. The molecule has 6 heteroatoms. The first-order valence-corrected chi connectivity index (χ1v) is 10.5. The number of aliphatic imine (C=N–C) groups is 1. The summed E-state index contributed by atoms with van der Waals surface area (Å²) >= 11 is 0. The minimum atomic E-state index is 0. The molecule has 0 aromatic carbocycles. The molecule has 0 amide bonds. The van der Waals surface area contributed by atoms with E-state index in [1.165, 1.54) is 45.3 Å². The van der Waals surface area contributed by atoms with Gasteiger partial charge in [0.15, 0.2) is 5.96 Å². The molecule has 1 heterocycles. The fraction of sp³-hybridized carbons (Fsp3) is 0.950. The molecule has 0 saturated carbocycles. The van der Waals surface area contributed by atoms with Crippen molar-refractivity contribution in [1.82, 2.24) is 15.5 Å². The van der Waals surface area contributed by atoms with E-state index in [4.69, 9.17) is 4.99 Å². The molecule has 3 N–H and O–H groups in total. The van der Waals surface area contributed by atoms with Crippen LogP contribution in [0.4, 0.5) is 0 Å². The van der Waals surface area contributed by atoms with E-state index in [9.17, 15) is 5.11 Å². The lowest BCUT2D eigenvalue weighted by atomic mass is 9.94. The van der Waals surface area contributed by atoms with Gasteiger partial charge in [-0.25, -0.2) is 0 Å². The molecule has 1 saturated heterocycles. The van der Waals surface area contributed by atoms with Crippen molar-refractivity contribution in [2.24, 2.45) is 16.8 Å². The Morgan fingerprint density at radius 1 is 1.12 bits per heavy atom. The molecular formula is C20H43IN4O. The van der Waals surface area contributed by atoms with Gasteiger partial charge in [-0.1, -0.05) is 26.7 Å². The van der Waals surface area contributed by atoms with Gasteiger partial charge in [0.05, 0.1) is 0 Å². The van der Waals surface area contributed by atoms with Crippen molar-refractivity contribution in [3.8, 4) is 0 Å². The Morgan fingerprint density at radius 3 is 2.38 bits per heavy atom. The van der Waals surface area contributed by atoms with Crippen molar-refractivity contribution in [1.29, 1.82) is 0 Å². The highest BCUT2D eigenvalue weighted by Gasteiger charge is 2.11. The second kappa shape index (κ2) is 17.0. The molecule has 1 aliphatic heterocycles. The number of likely N-dealkylation sites (tertiary alicyclic amines) is 1. The zero-order chi connectivity index (χ0) is 18.3. The molecule has 0 aliphatic carbocycles. The molecule has 5 nitrogen and oxygen atoms in total. The summed E-state index contributed by atoms with van der Waals surface area (Å²) in [4.78, 5) is 7.36. The molecule has 26 heavy (non-hydrogen) atoms. The van der Waals surface area contributed by atoms with Gasteiger partial charge in [-0.2, -0.15) is 0 Å². The minimum absolute atomic E-state index is 0. The van der Waals surface area contributed by atoms with Crippen molar-refractivity contribution in [2.45, 2.75) is 65.7 Å². The number of nitrogens with one attached hydrogen (secondary N) is 2. The van der Waals surface area contributed by atoms with Crippen molar-refractivity contribution >= 4 is 29.9 Å². The smallest absolute Gasteiger partial charge is 0.191 e. The summed E-state index contributed by atoms with van der Waals surface area (Å²) < 4.78 is 0. The summed E-state index contributed by atoms with van der Waals surface area (Å²) in [6.07, 6.45) is 8.65. The van der Waals surface area contributed by atoms with Crippen LogP contribution in [0.5, 0.6) is 0 Å². The first kappa shape index (κ1) is 25.9. The first-order chi connectivity index (χ1) is 12.2. The van der Waals surface area contributed by atoms with Gasteiger partial charge in [-0.15, -0.1) is 24.0 Å². The average Bonchev–Trinajstić information content (AvgIpc) is 2.84. The Balaban J connectivity index is 0.00000625. The van der Waals surface area contributed by atoms with Crippen molar-refractivity contribution in [3.05, 3.63) is 0 Å². The van der Waals surface area contributed by atoms with Crippen LogP contribution in [-0.4, -0.2) is 61.8 Å². The lowest BCUT2D eigenvalue weighted by Crippen LogP contribution is -2.39. The van der Waals surface area contributed by atoms with E-state index in [0.29, 0.717) is 11.8 Å². The summed E-state index contributed by atoms with van der Waals surface area (Å²) in [6, 6.07) is 0. The molecule has 0 radical (unpaired) electrons. The van der Waals surface area contributed by atoms with Gasteiger partial charge in [0.1, 0.15) is 0 Å². The highest BCUT2D eigenvalue weighted by Crippen LogP contribution is 2.15. The Labute approximate surface area is 178 Å². The summed E-state index contributed by atoms with van der Waals surface area (Å²) in [5.41, 5.74) is 0. The second-order valence-corrected chi connectivity index (χ2v) is 7.76. The van der Waals surface area contributed by atoms with E-state index in [0.717, 1.165) is 44.9 Å². The Morgan fingerprint density at radius 2 is 1.81 bits per heavy atom. The largest absolute Gasteiger partial charge is 0.396 e. The van der Waals surface area contributed by atoms with Crippen LogP contribution in [0.15, 0.2) is 4.99 Å². The number of halogens is 1. The molecule has 1 rings (SSSR count). The van der Waals surface area contributed by atoms with Crippen LogP contribution >= 0.6 is 24.0 Å². The van der Waals surface area contributed by atoms with Crippen LogP contribution in [-0.2, 0) is 0 Å². The monoisotopic (exact) mass is 482 g/mol. The fourth-order valence-electron chi connectivity index (χ4n) is 3.56. The number of rotatable bonds is 11. The molecular weight excluding hydrogens is 439 g/mol. The molecule has 1 unspecified atom stereocenters. The fourth-order valence-corrected chi connectivity index (χ4v) is 3.56. The molecule has 0 bridgehead atoms. The van der Waals surface area contributed by atoms with Gasteiger partial charge >= 0.3 is 0 Å². The standard InChI is InChI=1S/C20H42N4O.HI/c1-4-21-20(23-17-19(10-15-25)16-18(2)3)22-11-9-14-24-12-7-5-6-8-13-24;/h18-19,25H,4-17H2,1-3H3,(H2,21,22,23);1H. The van der Waals surface area contributed by atoms with Gasteiger partial charge in [0.2, 0.25) is 0 Å². The maximum absolute atomic E-state index is 9.25. The Kier molecular flexibility index (Phi) is 17.0. The van der Waals surface area contributed by atoms with Gasteiger partial charge in [-0.3, -0.25) is 4.99 Å². The number of aliphatic hydroxyl groups excluding tert-OH is 1. The first-order valence-electron chi connectivity index (χ1n) is 10.5. The van der Waals surface area contributed by atoms with Gasteiger partial charge in [0.25, 0.3) is 0 Å². The van der Waals surface area contributed by atoms with Crippen LogP contribution in [0.2, 0.25) is 0 Å². The van der Waals surface area contributed by atoms with E-state index < -0.39 is 0 Å². The zero-order valence-electron chi connectivity index (χ0n) is 17.3. The summed E-state index contributed by atoms with van der Waals surface area (Å²) in [7, 11) is 0. The summed E-state index contributed by atoms with van der Waals surface area (Å²) in [6.45, 7) is 13.2. The summed E-state index contributed by atoms with van der Waals surface area (Å²) in [5.74, 6) is 2.04. The van der Waals surface area contributed by atoms with E-state index in [1.807, 2.05) is 0 Å². The van der Waals surface area contributed by atoms with Crippen molar-refractivity contribution in [2.75, 3.05) is 45.9 Å². The Hall–Kier alpha value is -0.0800. The van der Waals surface area contributed by atoms with Gasteiger partial charge in [0, 0.05) is 26.2 Å². The summed E-state index contributed by atoms with van der Waals surface area (Å²) in [5, 5.41) is 16.1. The predicted octanol–water partition coefficient (Wildman–Crippen LogP) is 3.47. The van der Waals surface area contributed by atoms with Crippen LogP contribution in [0.1, 0.15) is 65.7 Å². The van der Waals surface area contributed by atoms with E-state index in [-0.39, 0.29) is 30.6 Å². The second-order valence-electron chi connectivity index (χ2n) is 7.76. The molecule has 1 aliphatic rings. The molecule has 0 aromatic rings. The van der Waals surface area contributed by atoms with E-state index in [2.05, 4.69) is 36.3 Å². The van der Waals surface area contributed by atoms with Crippen LogP contribution in [0.3, 0.4) is 0 Å². The third kappa shape index (κ3) is 13.1. The molecule has 1 fully saturated rings. The number of guanidine groups is 1. The molecule has 156 valence electrons. The SMILES string of the molecule is CCNC(=NCC(CCO)CC(C)C)NCCCN1CCCCCC1.I. The van der Waals surface area contributed by atoms with Crippen LogP contribution in [0.25, 0.3) is 0 Å². The van der Waals surface area contributed by atoms with E-state index >= 15 is 0 Å². The van der Waals surface area contributed by atoms with Gasteiger partial charge < -0.3 is 20.6 Å². The highest BCUT2D eigenvalue weighted by molar-refractivity contribution is 14.0. The van der Waals surface area contributed by atoms with Gasteiger partial charge in [-0.05, 0) is 70.5 Å². The lowest BCUT2D eigenvalue weighted by molar-refractivity contribution is 0.245. The van der Waals surface area contributed by atoms with Crippen molar-refractivity contribution < 1.29 is 5.11 Å². The maximum Gasteiger partial charge on any atom is 0.191 e. The number of aliphatic hydroxyl groups is 1. The topological polar surface area (TPSA) is 59.9 Å². The molecule has 1 atom stereocenters. The lowest BCUT2D eigenvalue weighted by Gasteiger charge is -2.20. The number of hydrogen-bond donors (Lipinski definition) is 3. The quantitative estimate of drug-likeness (QED) is 0.183. The average molecular weight is 482 g/mol. The third-order valence-corrected chi connectivity index (χ3v) is 4.84. The van der Waals surface area contributed by atoms with Crippen LogP contribution in [0, 0.1) is 11.8 Å². The minimum Gasteiger partial charge on any atom is -0.396 e. The number of hydrogen-bond acceptors (Lipinski definition) is 3. The third-order valence-electron chi connectivity index (χ3n) is 4.84. The van der Waals surface area contributed by atoms with E-state index in [1.54, 1.807) is 0 Å².